The molecule has 31 heavy (non-hydrogen) atoms. The quantitative estimate of drug-likeness (QED) is 0.327. The van der Waals surface area contributed by atoms with Crippen LogP contribution in [0, 0.1) is 0 Å². The molecule has 4 aromatic rings. The third kappa shape index (κ3) is 3.91. The van der Waals surface area contributed by atoms with Gasteiger partial charge in [-0.3, -0.25) is 5.10 Å². The minimum absolute atomic E-state index is 0.0940. The van der Waals surface area contributed by atoms with Crippen LogP contribution in [-0.4, -0.2) is 37.5 Å². The van der Waals surface area contributed by atoms with Crippen molar-refractivity contribution >= 4 is 27.0 Å². The van der Waals surface area contributed by atoms with Crippen LogP contribution in [-0.2, 0) is 19.4 Å². The third-order valence-corrected chi connectivity index (χ3v) is 5.51. The van der Waals surface area contributed by atoms with Crippen molar-refractivity contribution in [1.82, 2.24) is 20.2 Å². The number of halogens is 4. The fourth-order valence-electron chi connectivity index (χ4n) is 3.32. The zero-order valence-electron chi connectivity index (χ0n) is 16.0. The average molecular weight is 497 g/mol. The van der Waals surface area contributed by atoms with Crippen LogP contribution >= 0.6 is 15.9 Å². The lowest BCUT2D eigenvalue weighted by atomic mass is 10.0. The Labute approximate surface area is 182 Å². The minimum Gasteiger partial charge on any atom is -0.496 e. The monoisotopic (exact) mass is 496 g/mol. The van der Waals surface area contributed by atoms with Gasteiger partial charge in [0, 0.05) is 15.6 Å². The number of H-pyrrole nitrogens is 2. The number of methoxy groups -OCH3 is 1. The van der Waals surface area contributed by atoms with Crippen molar-refractivity contribution in [3.63, 3.8) is 0 Å². The van der Waals surface area contributed by atoms with Gasteiger partial charge in [-0.1, -0.05) is 15.9 Å². The van der Waals surface area contributed by atoms with Crippen molar-refractivity contribution in [3.05, 3.63) is 51.5 Å². The highest BCUT2D eigenvalue weighted by atomic mass is 79.9. The summed E-state index contributed by atoms with van der Waals surface area (Å²) in [7, 11) is 1.46. The Kier molecular flexibility index (Phi) is 5.50. The maximum atomic E-state index is 13.2. The van der Waals surface area contributed by atoms with E-state index >= 15 is 0 Å². The zero-order valence-corrected chi connectivity index (χ0v) is 17.6. The number of hydrogen-bond donors (Lipinski definition) is 4. The van der Waals surface area contributed by atoms with Gasteiger partial charge in [0.2, 0.25) is 0 Å². The Bertz CT molecular complexity index is 1240. The Hall–Kier alpha value is -2.89. The van der Waals surface area contributed by atoms with Crippen LogP contribution in [0.5, 0.6) is 5.75 Å². The van der Waals surface area contributed by atoms with Crippen molar-refractivity contribution in [2.45, 2.75) is 19.4 Å². The van der Waals surface area contributed by atoms with Gasteiger partial charge in [0.25, 0.3) is 0 Å². The van der Waals surface area contributed by atoms with Gasteiger partial charge in [0.15, 0.2) is 5.82 Å². The summed E-state index contributed by atoms with van der Waals surface area (Å²) in [6.07, 6.45) is -4.50. The fourth-order valence-corrected chi connectivity index (χ4v) is 3.88. The molecular weight excluding hydrogens is 481 g/mol. The number of imidazole rings is 1. The molecule has 0 radical (unpaired) electrons. The number of nitrogens with one attached hydrogen (secondary N) is 2. The van der Waals surface area contributed by atoms with E-state index in [2.05, 4.69) is 36.1 Å². The SMILES string of the molecule is COc1cc(-c2cc(-c3nc4cc(Br)c(C(F)(F)F)cc4[nH]3)[nH]n2)cc(CO)c1CO. The van der Waals surface area contributed by atoms with Crippen molar-refractivity contribution < 1.29 is 28.1 Å². The fraction of sp³-hybridized carbons (Fsp3) is 0.200. The smallest absolute Gasteiger partial charge is 0.417 e. The van der Waals surface area contributed by atoms with E-state index in [1.54, 1.807) is 18.2 Å². The van der Waals surface area contributed by atoms with Crippen LogP contribution in [0.15, 0.2) is 34.8 Å². The lowest BCUT2D eigenvalue weighted by Crippen LogP contribution is -2.05. The summed E-state index contributed by atoms with van der Waals surface area (Å²) >= 11 is 2.95. The van der Waals surface area contributed by atoms with Gasteiger partial charge in [-0.15, -0.1) is 0 Å². The molecule has 0 amide bonds. The topological polar surface area (TPSA) is 107 Å². The number of rotatable bonds is 5. The standard InChI is InChI=1S/C20H16BrF3N4O3/c1-31-18-3-9(2-10(7-29)11(18)8-30)14-6-17(28-27-14)19-25-15-4-12(20(22,23)24)13(21)5-16(15)26-19/h2-6,29-30H,7-8H2,1H3,(H,25,26)(H,27,28). The number of ether oxygens (including phenoxy) is 1. The number of aromatic nitrogens is 4. The lowest BCUT2D eigenvalue weighted by Gasteiger charge is -2.12. The maximum absolute atomic E-state index is 13.2. The summed E-state index contributed by atoms with van der Waals surface area (Å²) in [6.45, 7) is -0.586. The number of fused-ring (bicyclic) bond motifs is 1. The average Bonchev–Trinajstić information content (AvgIpc) is 3.37. The largest absolute Gasteiger partial charge is 0.496 e. The van der Waals surface area contributed by atoms with E-state index in [4.69, 9.17) is 4.74 Å². The summed E-state index contributed by atoms with van der Waals surface area (Å²) in [5, 5.41) is 26.2. The first-order valence-corrected chi connectivity index (χ1v) is 9.78. The molecule has 0 bridgehead atoms. The highest BCUT2D eigenvalue weighted by Gasteiger charge is 2.33. The molecule has 162 valence electrons. The summed E-state index contributed by atoms with van der Waals surface area (Å²) in [4.78, 5) is 7.23. The molecule has 11 heteroatoms. The number of aliphatic hydroxyl groups is 2. The molecule has 4 rings (SSSR count). The van der Waals surface area contributed by atoms with Gasteiger partial charge in [0.1, 0.15) is 11.4 Å². The van der Waals surface area contributed by atoms with Gasteiger partial charge in [-0.25, -0.2) is 4.98 Å². The van der Waals surface area contributed by atoms with E-state index in [1.165, 1.54) is 13.2 Å². The Balaban J connectivity index is 1.75. The Morgan fingerprint density at radius 3 is 2.52 bits per heavy atom. The Morgan fingerprint density at radius 1 is 1.10 bits per heavy atom. The molecule has 0 atom stereocenters. The highest BCUT2D eigenvalue weighted by Crippen LogP contribution is 2.37. The summed E-state index contributed by atoms with van der Waals surface area (Å²) in [6, 6.07) is 7.34. The molecule has 0 aliphatic rings. The molecule has 2 heterocycles. The van der Waals surface area contributed by atoms with Crippen molar-refractivity contribution in [2.24, 2.45) is 0 Å². The first-order chi connectivity index (χ1) is 14.7. The lowest BCUT2D eigenvalue weighted by molar-refractivity contribution is -0.138. The first kappa shape index (κ1) is 21.3. The molecule has 0 spiro atoms. The van der Waals surface area contributed by atoms with Crippen molar-refractivity contribution in [2.75, 3.05) is 7.11 Å². The van der Waals surface area contributed by atoms with E-state index in [-0.39, 0.29) is 23.2 Å². The van der Waals surface area contributed by atoms with E-state index in [0.29, 0.717) is 45.2 Å². The van der Waals surface area contributed by atoms with Crippen LogP contribution in [0.2, 0.25) is 0 Å². The summed E-state index contributed by atoms with van der Waals surface area (Å²) in [5.41, 5.74) is 2.37. The summed E-state index contributed by atoms with van der Waals surface area (Å²) < 4.78 is 44.7. The van der Waals surface area contributed by atoms with Crippen LogP contribution in [0.3, 0.4) is 0 Å². The first-order valence-electron chi connectivity index (χ1n) is 8.99. The van der Waals surface area contributed by atoms with Gasteiger partial charge in [-0.2, -0.15) is 18.3 Å². The number of aromatic amines is 2. The molecule has 2 aromatic heterocycles. The number of alkyl halides is 3. The highest BCUT2D eigenvalue weighted by molar-refractivity contribution is 9.10. The second kappa shape index (κ2) is 7.98. The molecule has 0 saturated carbocycles. The Morgan fingerprint density at radius 2 is 1.87 bits per heavy atom. The van der Waals surface area contributed by atoms with Gasteiger partial charge >= 0.3 is 6.18 Å². The van der Waals surface area contributed by atoms with Gasteiger partial charge in [-0.05, 0) is 35.9 Å². The molecule has 0 unspecified atom stereocenters. The normalized spacial score (nSPS) is 12.0. The predicted octanol–water partition coefficient (Wildman–Crippen LogP) is 4.39. The van der Waals surface area contributed by atoms with Crippen LogP contribution in [0.25, 0.3) is 33.8 Å². The second-order valence-corrected chi connectivity index (χ2v) is 7.59. The van der Waals surface area contributed by atoms with Crippen LogP contribution in [0.1, 0.15) is 16.7 Å². The predicted molar refractivity (Wildman–Crippen MR) is 110 cm³/mol. The number of benzene rings is 2. The maximum Gasteiger partial charge on any atom is 0.417 e. The molecule has 2 aromatic carbocycles. The van der Waals surface area contributed by atoms with Crippen LogP contribution in [0.4, 0.5) is 13.2 Å². The molecule has 0 fully saturated rings. The molecular formula is C20H16BrF3N4O3. The molecule has 0 saturated heterocycles. The van der Waals surface area contributed by atoms with Gasteiger partial charge < -0.3 is 19.9 Å². The summed E-state index contributed by atoms with van der Waals surface area (Å²) in [5.74, 6) is 0.725. The van der Waals surface area contributed by atoms with E-state index in [9.17, 15) is 23.4 Å². The van der Waals surface area contributed by atoms with Crippen LogP contribution < -0.4 is 4.74 Å². The zero-order chi connectivity index (χ0) is 22.3. The van der Waals surface area contributed by atoms with E-state index in [0.717, 1.165) is 6.07 Å². The number of hydrogen-bond acceptors (Lipinski definition) is 5. The second-order valence-electron chi connectivity index (χ2n) is 6.73. The minimum atomic E-state index is -4.50. The van der Waals surface area contributed by atoms with Crippen molar-refractivity contribution in [1.29, 1.82) is 0 Å². The third-order valence-electron chi connectivity index (χ3n) is 4.85. The molecule has 7 nitrogen and oxygen atoms in total. The molecule has 0 aliphatic carbocycles. The van der Waals surface area contributed by atoms with E-state index < -0.39 is 11.7 Å². The number of aliphatic hydroxyl groups excluding tert-OH is 2. The molecule has 0 aliphatic heterocycles. The van der Waals surface area contributed by atoms with Gasteiger partial charge in [0.05, 0.1) is 42.6 Å². The van der Waals surface area contributed by atoms with E-state index in [1.807, 2.05) is 0 Å². The molecule has 4 N–H and O–H groups in total. The van der Waals surface area contributed by atoms with Crippen molar-refractivity contribution in [3.8, 4) is 28.5 Å². The number of nitrogens with zero attached hydrogens (tertiary/aromatic N) is 2.